The van der Waals surface area contributed by atoms with E-state index in [1.807, 2.05) is 43.3 Å². The molecule has 2 rings (SSSR count). The Balaban J connectivity index is 1.69. The van der Waals surface area contributed by atoms with Gasteiger partial charge in [0.15, 0.2) is 11.5 Å². The van der Waals surface area contributed by atoms with Gasteiger partial charge >= 0.3 is 0 Å². The lowest BCUT2D eigenvalue weighted by atomic mass is 10.3. The van der Waals surface area contributed by atoms with Crippen LogP contribution in [0.5, 0.6) is 11.5 Å². The molecule has 1 aromatic heterocycles. The largest absolute Gasteiger partial charge is 0.493 e. The fraction of sp³-hybridized carbons (Fsp3) is 0.333. The Kier molecular flexibility index (Phi) is 4.86. The molecule has 0 aliphatic carbocycles. The van der Waals surface area contributed by atoms with E-state index in [2.05, 4.69) is 5.32 Å². The molecular weight excluding hydrogens is 242 g/mol. The van der Waals surface area contributed by atoms with Gasteiger partial charge < -0.3 is 19.2 Å². The fourth-order valence-corrected chi connectivity index (χ4v) is 1.76. The van der Waals surface area contributed by atoms with Crippen molar-refractivity contribution in [3.63, 3.8) is 0 Å². The van der Waals surface area contributed by atoms with E-state index in [0.29, 0.717) is 13.2 Å². The summed E-state index contributed by atoms with van der Waals surface area (Å²) >= 11 is 0. The maximum Gasteiger partial charge on any atom is 0.161 e. The first-order valence-electron chi connectivity index (χ1n) is 6.31. The van der Waals surface area contributed by atoms with Gasteiger partial charge in [-0.2, -0.15) is 0 Å². The first kappa shape index (κ1) is 13.5. The van der Waals surface area contributed by atoms with Crippen LogP contribution in [0, 0.1) is 6.92 Å². The zero-order valence-electron chi connectivity index (χ0n) is 11.3. The van der Waals surface area contributed by atoms with Crippen LogP contribution in [-0.2, 0) is 6.54 Å². The van der Waals surface area contributed by atoms with Crippen molar-refractivity contribution < 1.29 is 13.9 Å². The summed E-state index contributed by atoms with van der Waals surface area (Å²) in [5.74, 6) is 3.39. The second kappa shape index (κ2) is 6.85. The van der Waals surface area contributed by atoms with Gasteiger partial charge in [0.1, 0.15) is 18.1 Å². The van der Waals surface area contributed by atoms with Crippen LogP contribution in [0.2, 0.25) is 0 Å². The SMILES string of the molecule is COc1ccccc1OCCNCc1ccc(C)o1. The molecular formula is C15H19NO3. The molecule has 0 saturated heterocycles. The highest BCUT2D eigenvalue weighted by atomic mass is 16.5. The Labute approximate surface area is 113 Å². The van der Waals surface area contributed by atoms with Gasteiger partial charge in [0.2, 0.25) is 0 Å². The van der Waals surface area contributed by atoms with E-state index in [1.54, 1.807) is 7.11 Å². The Bertz CT molecular complexity index is 508. The highest BCUT2D eigenvalue weighted by Gasteiger charge is 2.02. The number of hydrogen-bond donors (Lipinski definition) is 1. The van der Waals surface area contributed by atoms with Crippen molar-refractivity contribution in [3.05, 3.63) is 47.9 Å². The third-order valence-corrected chi connectivity index (χ3v) is 2.70. The average Bonchev–Trinajstić information content (AvgIpc) is 2.84. The normalized spacial score (nSPS) is 10.4. The standard InChI is InChI=1S/C15H19NO3/c1-12-7-8-13(19-12)11-16-9-10-18-15-6-4-3-5-14(15)17-2/h3-8,16H,9-11H2,1-2H3. The number of rotatable bonds is 7. The molecule has 0 aliphatic rings. The molecule has 0 radical (unpaired) electrons. The van der Waals surface area contributed by atoms with E-state index >= 15 is 0 Å². The third-order valence-electron chi connectivity index (χ3n) is 2.70. The minimum absolute atomic E-state index is 0.583. The zero-order valence-corrected chi connectivity index (χ0v) is 11.3. The van der Waals surface area contributed by atoms with Crippen molar-refractivity contribution in [1.82, 2.24) is 5.32 Å². The molecule has 0 spiro atoms. The molecule has 0 fully saturated rings. The smallest absolute Gasteiger partial charge is 0.161 e. The van der Waals surface area contributed by atoms with Gasteiger partial charge in [-0.25, -0.2) is 0 Å². The summed E-state index contributed by atoms with van der Waals surface area (Å²) in [5, 5.41) is 3.26. The molecule has 4 nitrogen and oxygen atoms in total. The lowest BCUT2D eigenvalue weighted by molar-refractivity contribution is 0.290. The maximum absolute atomic E-state index is 5.65. The van der Waals surface area contributed by atoms with E-state index in [9.17, 15) is 0 Å². The Hall–Kier alpha value is -1.94. The Morgan fingerprint density at radius 3 is 2.58 bits per heavy atom. The molecule has 0 saturated carbocycles. The van der Waals surface area contributed by atoms with Gasteiger partial charge in [0, 0.05) is 6.54 Å². The molecule has 0 aliphatic heterocycles. The summed E-state index contributed by atoms with van der Waals surface area (Å²) in [5.41, 5.74) is 0. The number of hydrogen-bond acceptors (Lipinski definition) is 4. The lowest BCUT2D eigenvalue weighted by Crippen LogP contribution is -2.20. The van der Waals surface area contributed by atoms with Crippen molar-refractivity contribution in [1.29, 1.82) is 0 Å². The van der Waals surface area contributed by atoms with Gasteiger partial charge in [-0.15, -0.1) is 0 Å². The van der Waals surface area contributed by atoms with Crippen LogP contribution in [0.25, 0.3) is 0 Å². The molecule has 0 atom stereocenters. The van der Waals surface area contributed by atoms with Gasteiger partial charge in [-0.05, 0) is 31.2 Å². The summed E-state index contributed by atoms with van der Waals surface area (Å²) in [7, 11) is 1.64. The van der Waals surface area contributed by atoms with Crippen LogP contribution in [0.1, 0.15) is 11.5 Å². The fourth-order valence-electron chi connectivity index (χ4n) is 1.76. The number of aryl methyl sites for hydroxylation is 1. The number of methoxy groups -OCH3 is 1. The van der Waals surface area contributed by atoms with Gasteiger partial charge in [-0.1, -0.05) is 12.1 Å². The summed E-state index contributed by atoms with van der Waals surface area (Å²) in [6, 6.07) is 11.6. The van der Waals surface area contributed by atoms with E-state index in [-0.39, 0.29) is 0 Å². The molecule has 0 unspecified atom stereocenters. The molecule has 1 heterocycles. The van der Waals surface area contributed by atoms with Crippen molar-refractivity contribution >= 4 is 0 Å². The van der Waals surface area contributed by atoms with Crippen molar-refractivity contribution in [2.24, 2.45) is 0 Å². The number of ether oxygens (including phenoxy) is 2. The summed E-state index contributed by atoms with van der Waals surface area (Å²) in [6.07, 6.45) is 0. The Morgan fingerprint density at radius 2 is 1.89 bits per heavy atom. The van der Waals surface area contributed by atoms with Crippen LogP contribution in [0.3, 0.4) is 0 Å². The predicted octanol–water partition coefficient (Wildman–Crippen LogP) is 2.77. The second-order valence-corrected chi connectivity index (χ2v) is 4.19. The van der Waals surface area contributed by atoms with Crippen molar-refractivity contribution in [3.8, 4) is 11.5 Å². The lowest BCUT2D eigenvalue weighted by Gasteiger charge is -2.10. The second-order valence-electron chi connectivity index (χ2n) is 4.19. The first-order valence-corrected chi connectivity index (χ1v) is 6.31. The van der Waals surface area contributed by atoms with Crippen molar-refractivity contribution in [2.45, 2.75) is 13.5 Å². The van der Waals surface area contributed by atoms with E-state index in [0.717, 1.165) is 29.6 Å². The monoisotopic (exact) mass is 261 g/mol. The van der Waals surface area contributed by atoms with E-state index in [1.165, 1.54) is 0 Å². The van der Waals surface area contributed by atoms with Crippen LogP contribution >= 0.6 is 0 Å². The maximum atomic E-state index is 5.65. The van der Waals surface area contributed by atoms with Crippen LogP contribution < -0.4 is 14.8 Å². The van der Waals surface area contributed by atoms with Gasteiger partial charge in [0.25, 0.3) is 0 Å². The number of benzene rings is 1. The molecule has 1 aromatic carbocycles. The van der Waals surface area contributed by atoms with E-state index < -0.39 is 0 Å². The van der Waals surface area contributed by atoms with Crippen molar-refractivity contribution in [2.75, 3.05) is 20.3 Å². The first-order chi connectivity index (χ1) is 9.29. The number of furan rings is 1. The molecule has 4 heteroatoms. The minimum atomic E-state index is 0.583. The van der Waals surface area contributed by atoms with Crippen LogP contribution in [0.15, 0.2) is 40.8 Å². The van der Waals surface area contributed by atoms with Gasteiger partial charge in [-0.3, -0.25) is 0 Å². The Morgan fingerprint density at radius 1 is 1.11 bits per heavy atom. The summed E-state index contributed by atoms with van der Waals surface area (Å²) in [4.78, 5) is 0. The van der Waals surface area contributed by atoms with E-state index in [4.69, 9.17) is 13.9 Å². The summed E-state index contributed by atoms with van der Waals surface area (Å²) < 4.78 is 16.3. The number of para-hydroxylation sites is 2. The minimum Gasteiger partial charge on any atom is -0.493 e. The van der Waals surface area contributed by atoms with Gasteiger partial charge in [0.05, 0.1) is 13.7 Å². The molecule has 19 heavy (non-hydrogen) atoms. The quantitative estimate of drug-likeness (QED) is 0.778. The topological polar surface area (TPSA) is 43.6 Å². The zero-order chi connectivity index (χ0) is 13.5. The summed E-state index contributed by atoms with van der Waals surface area (Å²) in [6.45, 7) is 3.98. The molecule has 0 bridgehead atoms. The van der Waals surface area contributed by atoms with Crippen LogP contribution in [0.4, 0.5) is 0 Å². The van der Waals surface area contributed by atoms with Crippen LogP contribution in [-0.4, -0.2) is 20.3 Å². The molecule has 102 valence electrons. The number of nitrogens with one attached hydrogen (secondary N) is 1. The average molecular weight is 261 g/mol. The molecule has 1 N–H and O–H groups in total. The highest BCUT2D eigenvalue weighted by Crippen LogP contribution is 2.25. The predicted molar refractivity (Wildman–Crippen MR) is 73.6 cm³/mol. The highest BCUT2D eigenvalue weighted by molar-refractivity contribution is 5.39. The molecule has 2 aromatic rings. The molecule has 0 amide bonds. The third kappa shape index (κ3) is 4.03.